The van der Waals surface area contributed by atoms with Gasteiger partial charge in [0.15, 0.2) is 5.15 Å². The van der Waals surface area contributed by atoms with Crippen LogP contribution in [0, 0.1) is 0 Å². The van der Waals surface area contributed by atoms with Crippen LogP contribution >= 0.6 is 35.0 Å². The van der Waals surface area contributed by atoms with Gasteiger partial charge in [-0.15, -0.1) is 10.2 Å². The maximum atomic E-state index is 6.03. The largest absolute Gasteiger partial charge is 0.397 e. The fourth-order valence-electron chi connectivity index (χ4n) is 1.00. The van der Waals surface area contributed by atoms with Crippen LogP contribution in [-0.4, -0.2) is 15.2 Å². The van der Waals surface area contributed by atoms with Gasteiger partial charge in [0.2, 0.25) is 5.16 Å². The number of hydrogen-bond acceptors (Lipinski definition) is 5. The van der Waals surface area contributed by atoms with Crippen molar-refractivity contribution in [3.8, 4) is 0 Å². The summed E-state index contributed by atoms with van der Waals surface area (Å²) in [5.41, 5.74) is 6.20. The number of nitrogen functional groups attached to an aromatic ring is 1. The van der Waals surface area contributed by atoms with Crippen molar-refractivity contribution in [2.24, 2.45) is 0 Å². The Morgan fingerprint density at radius 2 is 2.00 bits per heavy atom. The van der Waals surface area contributed by atoms with Crippen molar-refractivity contribution in [2.75, 3.05) is 5.73 Å². The predicted octanol–water partition coefficient (Wildman–Crippen LogP) is 2.91. The SMILES string of the molecule is Nc1cccc(Sc2ncc(Cl)nn2)c1Cl. The highest BCUT2D eigenvalue weighted by atomic mass is 35.5. The molecule has 1 aromatic carbocycles. The molecule has 2 aromatic rings. The first-order valence-electron chi connectivity index (χ1n) is 4.24. The van der Waals surface area contributed by atoms with Gasteiger partial charge in [0, 0.05) is 4.90 Å². The lowest BCUT2D eigenvalue weighted by atomic mass is 10.3. The second-order valence-electron chi connectivity index (χ2n) is 2.82. The first-order valence-corrected chi connectivity index (χ1v) is 5.81. The number of rotatable bonds is 2. The highest BCUT2D eigenvalue weighted by molar-refractivity contribution is 7.99. The van der Waals surface area contributed by atoms with Crippen LogP contribution in [-0.2, 0) is 0 Å². The van der Waals surface area contributed by atoms with Crippen LogP contribution in [0.3, 0.4) is 0 Å². The average molecular weight is 273 g/mol. The van der Waals surface area contributed by atoms with Crippen LogP contribution in [0.15, 0.2) is 34.4 Å². The molecule has 0 saturated heterocycles. The Hall–Kier alpha value is -1.04. The maximum Gasteiger partial charge on any atom is 0.214 e. The van der Waals surface area contributed by atoms with E-state index >= 15 is 0 Å². The topological polar surface area (TPSA) is 64.7 Å². The molecule has 0 atom stereocenters. The highest BCUT2D eigenvalue weighted by Gasteiger charge is 2.07. The Labute approximate surface area is 106 Å². The lowest BCUT2D eigenvalue weighted by Crippen LogP contribution is -1.91. The fraction of sp³-hybridized carbons (Fsp3) is 0. The van der Waals surface area contributed by atoms with E-state index in [1.165, 1.54) is 18.0 Å². The molecule has 0 fully saturated rings. The fourth-order valence-corrected chi connectivity index (χ4v) is 2.07. The Kier molecular flexibility index (Phi) is 3.48. The molecule has 1 heterocycles. The molecular formula is C9H6Cl2N4S. The van der Waals surface area contributed by atoms with Crippen molar-refractivity contribution in [3.05, 3.63) is 34.6 Å². The molecule has 0 bridgehead atoms. The van der Waals surface area contributed by atoms with Gasteiger partial charge < -0.3 is 5.73 Å². The van der Waals surface area contributed by atoms with Gasteiger partial charge in [-0.2, -0.15) is 0 Å². The monoisotopic (exact) mass is 272 g/mol. The first-order chi connectivity index (χ1) is 7.66. The Balaban J connectivity index is 2.27. The molecule has 0 spiro atoms. The number of nitrogens with zero attached hydrogens (tertiary/aromatic N) is 3. The number of benzene rings is 1. The van der Waals surface area contributed by atoms with Gasteiger partial charge >= 0.3 is 0 Å². The summed E-state index contributed by atoms with van der Waals surface area (Å²) in [5, 5.41) is 8.71. The second kappa shape index (κ2) is 4.86. The van der Waals surface area contributed by atoms with Crippen LogP contribution in [0.4, 0.5) is 5.69 Å². The number of anilines is 1. The number of nitrogens with two attached hydrogens (primary N) is 1. The van der Waals surface area contributed by atoms with Crippen molar-refractivity contribution >= 4 is 40.7 Å². The molecule has 16 heavy (non-hydrogen) atoms. The van der Waals surface area contributed by atoms with Crippen molar-refractivity contribution < 1.29 is 0 Å². The summed E-state index contributed by atoms with van der Waals surface area (Å²) in [4.78, 5) is 4.79. The molecule has 7 heteroatoms. The Bertz CT molecular complexity index is 503. The molecule has 0 amide bonds. The summed E-state index contributed by atoms with van der Waals surface area (Å²) < 4.78 is 0. The summed E-state index contributed by atoms with van der Waals surface area (Å²) in [6, 6.07) is 5.38. The minimum atomic E-state index is 0.253. The molecular weight excluding hydrogens is 267 g/mol. The minimum absolute atomic E-state index is 0.253. The van der Waals surface area contributed by atoms with Crippen LogP contribution in [0.5, 0.6) is 0 Å². The average Bonchev–Trinajstić information content (AvgIpc) is 2.28. The molecule has 0 aliphatic carbocycles. The summed E-state index contributed by atoms with van der Waals surface area (Å²) in [5.74, 6) is 0. The molecule has 0 unspecified atom stereocenters. The van der Waals surface area contributed by atoms with Gasteiger partial charge in [0.05, 0.1) is 16.9 Å². The van der Waals surface area contributed by atoms with E-state index in [-0.39, 0.29) is 5.15 Å². The van der Waals surface area contributed by atoms with E-state index in [1.807, 2.05) is 12.1 Å². The van der Waals surface area contributed by atoms with Crippen LogP contribution < -0.4 is 5.73 Å². The van der Waals surface area contributed by atoms with Gasteiger partial charge in [0.1, 0.15) is 0 Å². The summed E-state index contributed by atoms with van der Waals surface area (Å²) in [6.45, 7) is 0. The Morgan fingerprint density at radius 3 is 2.69 bits per heavy atom. The zero-order valence-corrected chi connectivity index (χ0v) is 10.2. The predicted molar refractivity (Wildman–Crippen MR) is 64.8 cm³/mol. The summed E-state index contributed by atoms with van der Waals surface area (Å²) >= 11 is 12.9. The molecule has 0 saturated carbocycles. The second-order valence-corrected chi connectivity index (χ2v) is 4.60. The highest BCUT2D eigenvalue weighted by Crippen LogP contribution is 2.34. The lowest BCUT2D eigenvalue weighted by Gasteiger charge is -2.04. The van der Waals surface area contributed by atoms with Gasteiger partial charge in [-0.1, -0.05) is 29.3 Å². The third-order valence-corrected chi connectivity index (χ3v) is 3.34. The van der Waals surface area contributed by atoms with Crippen molar-refractivity contribution in [3.63, 3.8) is 0 Å². The molecule has 0 aliphatic rings. The number of hydrogen-bond donors (Lipinski definition) is 1. The van der Waals surface area contributed by atoms with E-state index in [2.05, 4.69) is 15.2 Å². The molecule has 0 aliphatic heterocycles. The quantitative estimate of drug-likeness (QED) is 0.852. The smallest absolute Gasteiger partial charge is 0.214 e. The maximum absolute atomic E-state index is 6.03. The van der Waals surface area contributed by atoms with E-state index in [9.17, 15) is 0 Å². The van der Waals surface area contributed by atoms with E-state index in [1.54, 1.807) is 6.07 Å². The lowest BCUT2D eigenvalue weighted by molar-refractivity contribution is 0.839. The molecule has 0 radical (unpaired) electrons. The summed E-state index contributed by atoms with van der Waals surface area (Å²) in [6.07, 6.45) is 1.43. The Morgan fingerprint density at radius 1 is 1.19 bits per heavy atom. The van der Waals surface area contributed by atoms with Crippen LogP contribution in [0.1, 0.15) is 0 Å². The third kappa shape index (κ3) is 2.55. The number of halogens is 2. The van der Waals surface area contributed by atoms with Crippen LogP contribution in [0.2, 0.25) is 10.2 Å². The van der Waals surface area contributed by atoms with E-state index < -0.39 is 0 Å². The molecule has 2 N–H and O–H groups in total. The molecule has 4 nitrogen and oxygen atoms in total. The van der Waals surface area contributed by atoms with Gasteiger partial charge in [-0.05, 0) is 23.9 Å². The van der Waals surface area contributed by atoms with Gasteiger partial charge in [-0.3, -0.25) is 0 Å². The van der Waals surface area contributed by atoms with Gasteiger partial charge in [0.25, 0.3) is 0 Å². The third-order valence-electron chi connectivity index (χ3n) is 1.71. The minimum Gasteiger partial charge on any atom is -0.397 e. The molecule has 82 valence electrons. The normalized spacial score (nSPS) is 10.4. The molecule has 2 rings (SSSR count). The van der Waals surface area contributed by atoms with Crippen LogP contribution in [0.25, 0.3) is 0 Å². The van der Waals surface area contributed by atoms with Gasteiger partial charge in [-0.25, -0.2) is 4.98 Å². The standard InChI is InChI=1S/C9H6Cl2N4S/c10-7-4-13-9(15-14-7)16-6-3-1-2-5(12)8(6)11/h1-4H,12H2. The van der Waals surface area contributed by atoms with Crippen molar-refractivity contribution in [1.82, 2.24) is 15.2 Å². The van der Waals surface area contributed by atoms with E-state index in [0.29, 0.717) is 15.9 Å². The first kappa shape index (κ1) is 11.4. The number of aromatic nitrogens is 3. The summed E-state index contributed by atoms with van der Waals surface area (Å²) in [7, 11) is 0. The van der Waals surface area contributed by atoms with Crippen molar-refractivity contribution in [2.45, 2.75) is 10.1 Å². The molecule has 1 aromatic heterocycles. The van der Waals surface area contributed by atoms with Crippen molar-refractivity contribution in [1.29, 1.82) is 0 Å². The zero-order chi connectivity index (χ0) is 11.5. The van der Waals surface area contributed by atoms with E-state index in [4.69, 9.17) is 28.9 Å². The zero-order valence-electron chi connectivity index (χ0n) is 7.89. The van der Waals surface area contributed by atoms with E-state index in [0.717, 1.165) is 4.90 Å².